The van der Waals surface area contributed by atoms with Gasteiger partial charge in [-0.2, -0.15) is 13.2 Å². The van der Waals surface area contributed by atoms with E-state index in [1.54, 1.807) is 0 Å². The Morgan fingerprint density at radius 1 is 1.44 bits per heavy atom. The zero-order valence-electron chi connectivity index (χ0n) is 8.56. The van der Waals surface area contributed by atoms with Crippen molar-refractivity contribution in [3.05, 3.63) is 28.6 Å². The Kier molecular flexibility index (Phi) is 4.25. The topological polar surface area (TPSA) is 56.0 Å². The van der Waals surface area contributed by atoms with Gasteiger partial charge < -0.3 is 5.73 Å². The number of rotatable bonds is 3. The second kappa shape index (κ2) is 5.17. The smallest absolute Gasteiger partial charge is 0.366 e. The molecule has 0 unspecified atom stereocenters. The van der Waals surface area contributed by atoms with Gasteiger partial charge in [-0.1, -0.05) is 15.9 Å². The summed E-state index contributed by atoms with van der Waals surface area (Å²) in [6.45, 7) is 0. The Labute approximate surface area is 106 Å². The van der Waals surface area contributed by atoms with Crippen molar-refractivity contribution in [1.29, 1.82) is 0 Å². The fourth-order valence-electron chi connectivity index (χ4n) is 1.33. The zero-order valence-corrected chi connectivity index (χ0v) is 10.1. The molecule has 0 atom stereocenters. The molecule has 0 spiro atoms. The van der Waals surface area contributed by atoms with Gasteiger partial charge >= 0.3 is 6.18 Å². The van der Waals surface area contributed by atoms with Crippen LogP contribution in [0.3, 0.4) is 0 Å². The summed E-state index contributed by atoms with van der Waals surface area (Å²) in [7, 11) is 0. The van der Waals surface area contributed by atoms with E-state index in [2.05, 4.69) is 20.9 Å². The number of carbonyl (C=O) groups excluding carboxylic acids is 1. The van der Waals surface area contributed by atoms with Gasteiger partial charge in [-0.05, 0) is 6.07 Å². The molecule has 9 heteroatoms. The van der Waals surface area contributed by atoms with Crippen LogP contribution in [0.1, 0.15) is 33.7 Å². The predicted molar refractivity (Wildman–Crippen MR) is 55.3 cm³/mol. The van der Waals surface area contributed by atoms with E-state index >= 15 is 0 Å². The van der Waals surface area contributed by atoms with Crippen LogP contribution in [0.2, 0.25) is 0 Å². The van der Waals surface area contributed by atoms with Crippen molar-refractivity contribution in [2.75, 3.05) is 0 Å². The number of carbonyl (C=O) groups is 1. The molecule has 100 valence electrons. The van der Waals surface area contributed by atoms with Crippen molar-refractivity contribution < 1.29 is 26.7 Å². The van der Waals surface area contributed by atoms with E-state index in [-0.39, 0.29) is 11.4 Å². The molecule has 0 aliphatic rings. The molecule has 1 rings (SSSR count). The van der Waals surface area contributed by atoms with Gasteiger partial charge in [0.1, 0.15) is 5.69 Å². The van der Waals surface area contributed by atoms with Crippen LogP contribution >= 0.6 is 15.9 Å². The van der Waals surface area contributed by atoms with E-state index in [4.69, 9.17) is 5.73 Å². The minimum Gasteiger partial charge on any atom is -0.366 e. The molecule has 2 N–H and O–H groups in total. The summed E-state index contributed by atoms with van der Waals surface area (Å²) < 4.78 is 62.9. The lowest BCUT2D eigenvalue weighted by Crippen LogP contribution is -2.22. The third-order valence-electron chi connectivity index (χ3n) is 2.02. The van der Waals surface area contributed by atoms with Gasteiger partial charge in [-0.25, -0.2) is 8.78 Å². The summed E-state index contributed by atoms with van der Waals surface area (Å²) in [5, 5.41) is -0.297. The molecule has 0 bridgehead atoms. The molecule has 0 aliphatic carbocycles. The Balaban J connectivity index is 3.63. The summed E-state index contributed by atoms with van der Waals surface area (Å²) in [5.74, 6) is -1.37. The quantitative estimate of drug-likeness (QED) is 0.683. The van der Waals surface area contributed by atoms with Crippen LogP contribution in [0.15, 0.2) is 6.07 Å². The second-order valence-electron chi connectivity index (χ2n) is 3.21. The molecule has 0 radical (unpaired) electrons. The maximum Gasteiger partial charge on any atom is 0.417 e. The number of hydrogen-bond acceptors (Lipinski definition) is 2. The summed E-state index contributed by atoms with van der Waals surface area (Å²) >= 11 is 2.78. The molecule has 18 heavy (non-hydrogen) atoms. The lowest BCUT2D eigenvalue weighted by atomic mass is 10.0. The average molecular weight is 333 g/mol. The van der Waals surface area contributed by atoms with Gasteiger partial charge in [0.15, 0.2) is 0 Å². The summed E-state index contributed by atoms with van der Waals surface area (Å²) in [6.07, 6.45) is -8.14. The minimum atomic E-state index is -4.96. The molecule has 0 saturated carbocycles. The Morgan fingerprint density at radius 2 is 2.00 bits per heavy atom. The van der Waals surface area contributed by atoms with Crippen molar-refractivity contribution in [3.8, 4) is 0 Å². The first kappa shape index (κ1) is 14.8. The highest BCUT2D eigenvalue weighted by Crippen LogP contribution is 2.35. The Morgan fingerprint density at radius 3 is 2.33 bits per heavy atom. The van der Waals surface area contributed by atoms with E-state index in [0.717, 1.165) is 0 Å². The van der Waals surface area contributed by atoms with Gasteiger partial charge in [0.05, 0.1) is 16.8 Å². The van der Waals surface area contributed by atoms with Crippen molar-refractivity contribution in [1.82, 2.24) is 4.98 Å². The van der Waals surface area contributed by atoms with Crippen LogP contribution in [0.25, 0.3) is 0 Å². The highest BCUT2D eigenvalue weighted by Gasteiger charge is 2.37. The average Bonchev–Trinajstić information content (AvgIpc) is 2.25. The van der Waals surface area contributed by atoms with E-state index < -0.39 is 41.0 Å². The van der Waals surface area contributed by atoms with Crippen LogP contribution in [0.4, 0.5) is 22.0 Å². The molecular weight excluding hydrogens is 327 g/mol. The maximum atomic E-state index is 12.7. The van der Waals surface area contributed by atoms with Gasteiger partial charge in [0.25, 0.3) is 12.3 Å². The number of alkyl halides is 6. The first-order chi connectivity index (χ1) is 8.18. The van der Waals surface area contributed by atoms with Gasteiger partial charge in [0, 0.05) is 5.33 Å². The maximum absolute atomic E-state index is 12.7. The number of nitrogens with zero attached hydrogens (tertiary/aromatic N) is 1. The van der Waals surface area contributed by atoms with E-state index in [1.165, 1.54) is 0 Å². The Hall–Kier alpha value is -1.25. The number of pyridine rings is 1. The lowest BCUT2D eigenvalue weighted by Gasteiger charge is -2.15. The van der Waals surface area contributed by atoms with Crippen molar-refractivity contribution >= 4 is 21.8 Å². The van der Waals surface area contributed by atoms with Crippen LogP contribution in [0.5, 0.6) is 0 Å². The SMILES string of the molecule is NC(=O)c1c(C(F)(F)F)cc(C(F)F)nc1CBr. The number of amides is 1. The van der Waals surface area contributed by atoms with E-state index in [9.17, 15) is 26.7 Å². The molecule has 1 aromatic rings. The standard InChI is InChI=1S/C9H6BrF5N2O/c10-2-5-6(8(16)18)3(9(13,14)15)1-4(17-5)7(11)12/h1,7H,2H2,(H2,16,18). The fraction of sp³-hybridized carbons (Fsp3) is 0.333. The largest absolute Gasteiger partial charge is 0.417 e. The molecule has 1 amide bonds. The number of aromatic nitrogens is 1. The summed E-state index contributed by atoms with van der Waals surface area (Å²) in [4.78, 5) is 14.3. The number of nitrogens with two attached hydrogens (primary N) is 1. The highest BCUT2D eigenvalue weighted by atomic mass is 79.9. The normalized spacial score (nSPS) is 11.9. The second-order valence-corrected chi connectivity index (χ2v) is 3.77. The van der Waals surface area contributed by atoms with Crippen LogP contribution in [-0.4, -0.2) is 10.9 Å². The van der Waals surface area contributed by atoms with Crippen LogP contribution in [0, 0.1) is 0 Å². The molecular formula is C9H6BrF5N2O. The monoisotopic (exact) mass is 332 g/mol. The van der Waals surface area contributed by atoms with Crippen molar-refractivity contribution in [2.45, 2.75) is 17.9 Å². The molecule has 3 nitrogen and oxygen atoms in total. The van der Waals surface area contributed by atoms with E-state index in [1.807, 2.05) is 0 Å². The molecule has 1 heterocycles. The number of hydrogen-bond donors (Lipinski definition) is 1. The first-order valence-corrected chi connectivity index (χ1v) is 5.55. The molecule has 0 aromatic carbocycles. The summed E-state index contributed by atoms with van der Waals surface area (Å²) in [5.41, 5.74) is 0.903. The number of primary amides is 1. The summed E-state index contributed by atoms with van der Waals surface area (Å²) in [6, 6.07) is 0.136. The lowest BCUT2D eigenvalue weighted by molar-refractivity contribution is -0.138. The van der Waals surface area contributed by atoms with Crippen LogP contribution < -0.4 is 5.73 Å². The predicted octanol–water partition coefficient (Wildman–Crippen LogP) is 3.03. The van der Waals surface area contributed by atoms with Crippen molar-refractivity contribution in [2.24, 2.45) is 5.73 Å². The minimum absolute atomic E-state index is 0.136. The van der Waals surface area contributed by atoms with Crippen molar-refractivity contribution in [3.63, 3.8) is 0 Å². The molecule has 0 aliphatic heterocycles. The molecule has 1 aromatic heterocycles. The molecule has 0 saturated heterocycles. The van der Waals surface area contributed by atoms with E-state index in [0.29, 0.717) is 0 Å². The third kappa shape index (κ3) is 2.95. The highest BCUT2D eigenvalue weighted by molar-refractivity contribution is 9.08. The zero-order chi connectivity index (χ0) is 14.1. The van der Waals surface area contributed by atoms with Gasteiger partial charge in [-0.15, -0.1) is 0 Å². The Bertz CT molecular complexity index is 475. The fourth-order valence-corrected chi connectivity index (χ4v) is 1.73. The van der Waals surface area contributed by atoms with Crippen LogP contribution in [-0.2, 0) is 11.5 Å². The van der Waals surface area contributed by atoms with Gasteiger partial charge in [-0.3, -0.25) is 9.78 Å². The van der Waals surface area contributed by atoms with Gasteiger partial charge in [0.2, 0.25) is 0 Å². The third-order valence-corrected chi connectivity index (χ3v) is 2.55. The number of halogens is 6. The first-order valence-electron chi connectivity index (χ1n) is 4.43. The molecule has 0 fully saturated rings.